The topological polar surface area (TPSA) is 85.2 Å². The van der Waals surface area contributed by atoms with Crippen LogP contribution in [-0.4, -0.2) is 35.7 Å². The van der Waals surface area contributed by atoms with E-state index in [0.29, 0.717) is 0 Å². The Labute approximate surface area is 232 Å². The van der Waals surface area contributed by atoms with Crippen LogP contribution in [0.5, 0.6) is 5.75 Å². The van der Waals surface area contributed by atoms with Crippen molar-refractivity contribution < 1.29 is 36.2 Å². The number of carbonyl (C=O) groups excluding carboxylic acids is 1. The second kappa shape index (κ2) is 11.8. The molecule has 1 aliphatic rings. The molecule has 1 amide bonds. The van der Waals surface area contributed by atoms with Crippen molar-refractivity contribution in [3.8, 4) is 11.8 Å². The molecule has 1 saturated carbocycles. The Kier molecular flexibility index (Phi) is 8.63. The molecule has 41 heavy (non-hydrogen) atoms. The van der Waals surface area contributed by atoms with Gasteiger partial charge in [-0.1, -0.05) is 54.6 Å². The van der Waals surface area contributed by atoms with Gasteiger partial charge in [-0.3, -0.25) is 10.1 Å². The maximum absolute atomic E-state index is 16.2. The molecule has 0 bridgehead atoms. The van der Waals surface area contributed by atoms with Gasteiger partial charge in [0.15, 0.2) is 0 Å². The standard InChI is InChI=1S/C30H27F6N3O2/c31-21-12-10-20(11-13-21)26(30(34,35)36)39-22(17-38-27(41)23-8-4-5-9-24(23)40)16-29(32,33)25(28(18-37)14-15-28)19-6-2-1-3-7-19/h1-13,22,25-26,39-40H,14-17H2,(H,38,41)/t22?,25?,26-/m0/s1. The van der Waals surface area contributed by atoms with Crippen molar-refractivity contribution in [1.29, 1.82) is 5.26 Å². The van der Waals surface area contributed by atoms with Crippen LogP contribution in [0.3, 0.4) is 0 Å². The van der Waals surface area contributed by atoms with Gasteiger partial charge in [0.05, 0.1) is 23.0 Å². The fourth-order valence-corrected chi connectivity index (χ4v) is 5.10. The lowest BCUT2D eigenvalue weighted by molar-refractivity contribution is -0.161. The molecule has 0 aromatic heterocycles. The SMILES string of the molecule is N#CC1(C(c2ccccc2)C(F)(F)CC(CNC(=O)c2ccccc2O)N[C@@H](c2ccc(F)cc2)C(F)(F)F)CC1. The molecule has 0 saturated heterocycles. The van der Waals surface area contributed by atoms with E-state index in [9.17, 15) is 32.7 Å². The summed E-state index contributed by atoms with van der Waals surface area (Å²) in [4.78, 5) is 12.7. The predicted molar refractivity (Wildman–Crippen MR) is 139 cm³/mol. The van der Waals surface area contributed by atoms with Crippen molar-refractivity contribution in [1.82, 2.24) is 10.6 Å². The highest BCUT2D eigenvalue weighted by molar-refractivity contribution is 5.96. The van der Waals surface area contributed by atoms with Gasteiger partial charge < -0.3 is 10.4 Å². The number of hydrogen-bond acceptors (Lipinski definition) is 4. The fraction of sp³-hybridized carbons (Fsp3) is 0.333. The van der Waals surface area contributed by atoms with Gasteiger partial charge in [0.2, 0.25) is 0 Å². The van der Waals surface area contributed by atoms with Crippen LogP contribution in [0, 0.1) is 22.6 Å². The summed E-state index contributed by atoms with van der Waals surface area (Å²) in [6, 6.07) is 14.4. The van der Waals surface area contributed by atoms with Gasteiger partial charge in [-0.2, -0.15) is 18.4 Å². The first kappa shape index (κ1) is 29.9. The van der Waals surface area contributed by atoms with E-state index in [-0.39, 0.29) is 24.0 Å². The van der Waals surface area contributed by atoms with Crippen LogP contribution < -0.4 is 10.6 Å². The molecule has 216 valence electrons. The molecule has 11 heteroatoms. The third kappa shape index (κ3) is 7.00. The average Bonchev–Trinajstić information content (AvgIpc) is 3.71. The molecule has 0 spiro atoms. The zero-order chi connectivity index (χ0) is 29.8. The normalized spacial score (nSPS) is 16.7. The van der Waals surface area contributed by atoms with Crippen molar-refractivity contribution in [2.24, 2.45) is 5.41 Å². The van der Waals surface area contributed by atoms with Gasteiger partial charge >= 0.3 is 6.18 Å². The molecule has 3 atom stereocenters. The number of phenolic OH excluding ortho intramolecular Hbond substituents is 1. The van der Waals surface area contributed by atoms with Gasteiger partial charge in [0.25, 0.3) is 11.8 Å². The zero-order valence-electron chi connectivity index (χ0n) is 21.6. The van der Waals surface area contributed by atoms with Gasteiger partial charge in [0.1, 0.15) is 17.6 Å². The first-order valence-electron chi connectivity index (χ1n) is 12.8. The Morgan fingerprint density at radius 2 is 1.54 bits per heavy atom. The molecule has 0 aliphatic heterocycles. The van der Waals surface area contributed by atoms with E-state index in [1.54, 1.807) is 18.2 Å². The van der Waals surface area contributed by atoms with Crippen molar-refractivity contribution in [2.45, 2.75) is 49.4 Å². The van der Waals surface area contributed by atoms with Crippen LogP contribution in [0.25, 0.3) is 0 Å². The number of alkyl halides is 5. The first-order chi connectivity index (χ1) is 19.4. The smallest absolute Gasteiger partial charge is 0.407 e. The molecule has 3 aromatic rings. The van der Waals surface area contributed by atoms with Crippen LogP contribution in [0.15, 0.2) is 78.9 Å². The number of rotatable bonds is 11. The number of carbonyl (C=O) groups is 1. The number of hydrogen-bond donors (Lipinski definition) is 3. The molecule has 4 rings (SSSR count). The Hall–Kier alpha value is -4.04. The van der Waals surface area contributed by atoms with Crippen LogP contribution in [-0.2, 0) is 0 Å². The van der Waals surface area contributed by atoms with E-state index in [1.807, 2.05) is 6.07 Å². The molecular weight excluding hydrogens is 548 g/mol. The highest BCUT2D eigenvalue weighted by Crippen LogP contribution is 2.61. The minimum Gasteiger partial charge on any atom is -0.507 e. The van der Waals surface area contributed by atoms with E-state index >= 15 is 8.78 Å². The van der Waals surface area contributed by atoms with Crippen molar-refractivity contribution in [3.05, 3.63) is 101 Å². The summed E-state index contributed by atoms with van der Waals surface area (Å²) in [5, 5.41) is 24.3. The molecule has 5 nitrogen and oxygen atoms in total. The van der Waals surface area contributed by atoms with E-state index < -0.39 is 71.5 Å². The van der Waals surface area contributed by atoms with Crippen LogP contribution in [0.4, 0.5) is 26.3 Å². The van der Waals surface area contributed by atoms with Gasteiger partial charge in [0, 0.05) is 19.0 Å². The highest BCUT2D eigenvalue weighted by Gasteiger charge is 2.61. The first-order valence-corrected chi connectivity index (χ1v) is 12.8. The molecule has 1 aliphatic carbocycles. The predicted octanol–water partition coefficient (Wildman–Crippen LogP) is 6.64. The lowest BCUT2D eigenvalue weighted by Crippen LogP contribution is -2.50. The number of nitrogens with one attached hydrogen (secondary N) is 2. The summed E-state index contributed by atoms with van der Waals surface area (Å²) >= 11 is 0. The number of aromatic hydroxyl groups is 1. The highest BCUT2D eigenvalue weighted by atomic mass is 19.4. The second-order valence-electron chi connectivity index (χ2n) is 10.2. The Morgan fingerprint density at radius 1 is 0.927 bits per heavy atom. The third-order valence-electron chi connectivity index (χ3n) is 7.23. The molecule has 2 unspecified atom stereocenters. The summed E-state index contributed by atoms with van der Waals surface area (Å²) < 4.78 is 88.4. The number of benzene rings is 3. The average molecular weight is 576 g/mol. The summed E-state index contributed by atoms with van der Waals surface area (Å²) in [7, 11) is 0. The summed E-state index contributed by atoms with van der Waals surface area (Å²) in [6.45, 7) is -0.669. The van der Waals surface area contributed by atoms with Gasteiger partial charge in [-0.25, -0.2) is 13.2 Å². The number of nitriles is 1. The molecule has 0 radical (unpaired) electrons. The number of para-hydroxylation sites is 1. The van der Waals surface area contributed by atoms with Gasteiger partial charge in [-0.05, 0) is 48.2 Å². The Morgan fingerprint density at radius 3 is 2.10 bits per heavy atom. The minimum atomic E-state index is -4.96. The molecule has 0 heterocycles. The molecule has 3 aromatic carbocycles. The number of phenols is 1. The maximum atomic E-state index is 16.2. The van der Waals surface area contributed by atoms with Crippen LogP contribution in [0.2, 0.25) is 0 Å². The number of nitrogens with zero attached hydrogens (tertiary/aromatic N) is 1. The zero-order valence-corrected chi connectivity index (χ0v) is 21.6. The van der Waals surface area contributed by atoms with Crippen LogP contribution in [0.1, 0.15) is 52.7 Å². The molecule has 3 N–H and O–H groups in total. The fourth-order valence-electron chi connectivity index (χ4n) is 5.10. The van der Waals surface area contributed by atoms with E-state index in [4.69, 9.17) is 0 Å². The summed E-state index contributed by atoms with van der Waals surface area (Å²) in [5.41, 5.74) is -1.80. The monoisotopic (exact) mass is 575 g/mol. The Balaban J connectivity index is 1.67. The lowest BCUT2D eigenvalue weighted by atomic mass is 9.77. The van der Waals surface area contributed by atoms with Crippen molar-refractivity contribution >= 4 is 5.91 Å². The van der Waals surface area contributed by atoms with E-state index in [0.717, 1.165) is 24.3 Å². The maximum Gasteiger partial charge on any atom is 0.407 e. The Bertz CT molecular complexity index is 1390. The third-order valence-corrected chi connectivity index (χ3v) is 7.23. The summed E-state index contributed by atoms with van der Waals surface area (Å²) in [6.07, 6.45) is -5.70. The van der Waals surface area contributed by atoms with E-state index in [2.05, 4.69) is 10.6 Å². The quantitative estimate of drug-likeness (QED) is 0.224. The van der Waals surface area contributed by atoms with Crippen molar-refractivity contribution in [3.63, 3.8) is 0 Å². The van der Waals surface area contributed by atoms with E-state index in [1.165, 1.54) is 36.4 Å². The number of halogens is 6. The molecular formula is C30H27F6N3O2. The largest absolute Gasteiger partial charge is 0.507 e. The van der Waals surface area contributed by atoms with Gasteiger partial charge in [-0.15, -0.1) is 0 Å². The minimum absolute atomic E-state index is 0.180. The van der Waals surface area contributed by atoms with Crippen molar-refractivity contribution in [2.75, 3.05) is 6.54 Å². The summed E-state index contributed by atoms with van der Waals surface area (Å²) in [5.74, 6) is -7.32. The number of amides is 1. The second-order valence-corrected chi connectivity index (χ2v) is 10.2. The molecule has 1 fully saturated rings. The van der Waals surface area contributed by atoms with Crippen LogP contribution >= 0.6 is 0 Å². The lowest BCUT2D eigenvalue weighted by Gasteiger charge is -2.35.